The predicted molar refractivity (Wildman–Crippen MR) is 63.9 cm³/mol. The van der Waals surface area contributed by atoms with Gasteiger partial charge in [0.15, 0.2) is 0 Å². The van der Waals surface area contributed by atoms with E-state index in [0.29, 0.717) is 6.54 Å². The number of halogens is 1. The lowest BCUT2D eigenvalue weighted by molar-refractivity contribution is 1.13. The molecule has 0 radical (unpaired) electrons. The van der Waals surface area contributed by atoms with Crippen molar-refractivity contribution >= 4 is 23.4 Å². The molecule has 3 heteroatoms. The maximum absolute atomic E-state index is 6.10. The summed E-state index contributed by atoms with van der Waals surface area (Å²) in [6.07, 6.45) is 3.87. The Kier molecular flexibility index (Phi) is 3.98. The molecule has 0 aliphatic carbocycles. The first-order valence-corrected chi connectivity index (χ1v) is 4.86. The fourth-order valence-corrected chi connectivity index (χ4v) is 1.55. The first kappa shape index (κ1) is 11.1. The molecule has 0 aliphatic rings. The van der Waals surface area contributed by atoms with Crippen LogP contribution in [0.15, 0.2) is 24.3 Å². The number of anilines is 1. The molecule has 1 aromatic carbocycles. The van der Waals surface area contributed by atoms with Crippen LogP contribution in [-0.4, -0.2) is 20.6 Å². The third-order valence-corrected chi connectivity index (χ3v) is 2.20. The Labute approximate surface area is 90.0 Å². The van der Waals surface area contributed by atoms with Gasteiger partial charge in [-0.25, -0.2) is 0 Å². The molecule has 2 nitrogen and oxygen atoms in total. The van der Waals surface area contributed by atoms with Gasteiger partial charge in [-0.15, -0.1) is 0 Å². The van der Waals surface area contributed by atoms with Crippen LogP contribution in [0.3, 0.4) is 0 Å². The first-order chi connectivity index (χ1) is 6.65. The first-order valence-electron chi connectivity index (χ1n) is 4.48. The van der Waals surface area contributed by atoms with Gasteiger partial charge in [-0.05, 0) is 17.7 Å². The lowest BCUT2D eigenvalue weighted by atomic mass is 10.2. The number of hydrogen-bond acceptors (Lipinski definition) is 2. The minimum Gasteiger partial charge on any atom is -0.376 e. The highest BCUT2D eigenvalue weighted by molar-refractivity contribution is 6.33. The van der Waals surface area contributed by atoms with Gasteiger partial charge in [0.1, 0.15) is 0 Å². The molecular formula is C11H15ClN2. The quantitative estimate of drug-likeness (QED) is 0.830. The Hall–Kier alpha value is -0.990. The molecule has 0 amide bonds. The van der Waals surface area contributed by atoms with Crippen LogP contribution in [0.25, 0.3) is 6.08 Å². The zero-order chi connectivity index (χ0) is 10.6. The molecule has 0 fully saturated rings. The maximum atomic E-state index is 6.10. The Balaban J connectivity index is 2.94. The lowest BCUT2D eigenvalue weighted by Gasteiger charge is -2.14. The van der Waals surface area contributed by atoms with Crippen molar-refractivity contribution < 1.29 is 0 Å². The highest BCUT2D eigenvalue weighted by atomic mass is 35.5. The Morgan fingerprint density at radius 3 is 2.64 bits per heavy atom. The number of benzene rings is 1. The maximum Gasteiger partial charge on any atom is 0.0645 e. The number of nitrogens with zero attached hydrogens (tertiary/aromatic N) is 1. The van der Waals surface area contributed by atoms with Gasteiger partial charge in [0.2, 0.25) is 0 Å². The van der Waals surface area contributed by atoms with Crippen LogP contribution in [0, 0.1) is 0 Å². The zero-order valence-electron chi connectivity index (χ0n) is 8.50. The second-order valence-corrected chi connectivity index (χ2v) is 3.65. The zero-order valence-corrected chi connectivity index (χ0v) is 9.25. The topological polar surface area (TPSA) is 29.3 Å². The largest absolute Gasteiger partial charge is 0.376 e. The second-order valence-electron chi connectivity index (χ2n) is 3.24. The van der Waals surface area contributed by atoms with E-state index in [1.54, 1.807) is 0 Å². The molecular weight excluding hydrogens is 196 g/mol. The van der Waals surface area contributed by atoms with Crippen molar-refractivity contribution in [3.05, 3.63) is 34.9 Å². The van der Waals surface area contributed by atoms with Crippen molar-refractivity contribution in [3.63, 3.8) is 0 Å². The highest BCUT2D eigenvalue weighted by Gasteiger charge is 2.01. The van der Waals surface area contributed by atoms with E-state index in [1.807, 2.05) is 49.3 Å². The average molecular weight is 211 g/mol. The van der Waals surface area contributed by atoms with Gasteiger partial charge in [-0.3, -0.25) is 0 Å². The van der Waals surface area contributed by atoms with Crippen molar-refractivity contribution in [2.24, 2.45) is 5.73 Å². The van der Waals surface area contributed by atoms with Crippen LogP contribution in [0.2, 0.25) is 5.02 Å². The minimum atomic E-state index is 0.549. The fraction of sp³-hybridized carbons (Fsp3) is 0.273. The standard InChI is InChI=1S/C11H15ClN2/c1-14(2)11-6-5-9(4-3-7-13)8-10(11)12/h3-6,8H,7,13H2,1-2H3/b4-3+. The number of nitrogens with two attached hydrogens (primary N) is 1. The fourth-order valence-electron chi connectivity index (χ4n) is 1.19. The van der Waals surface area contributed by atoms with Crippen LogP contribution in [0.4, 0.5) is 5.69 Å². The van der Waals surface area contributed by atoms with Gasteiger partial charge in [0.05, 0.1) is 10.7 Å². The molecule has 0 bridgehead atoms. The molecule has 0 spiro atoms. The molecule has 76 valence electrons. The van der Waals surface area contributed by atoms with Crippen molar-refractivity contribution in [3.8, 4) is 0 Å². The summed E-state index contributed by atoms with van der Waals surface area (Å²) in [5.74, 6) is 0. The van der Waals surface area contributed by atoms with E-state index < -0.39 is 0 Å². The van der Waals surface area contributed by atoms with Gasteiger partial charge in [-0.2, -0.15) is 0 Å². The molecule has 1 rings (SSSR count). The Morgan fingerprint density at radius 1 is 1.43 bits per heavy atom. The third-order valence-electron chi connectivity index (χ3n) is 1.90. The Morgan fingerprint density at radius 2 is 2.14 bits per heavy atom. The van der Waals surface area contributed by atoms with Crippen LogP contribution >= 0.6 is 11.6 Å². The van der Waals surface area contributed by atoms with Crippen LogP contribution < -0.4 is 10.6 Å². The highest BCUT2D eigenvalue weighted by Crippen LogP contribution is 2.25. The molecule has 0 aromatic heterocycles. The molecule has 0 saturated carbocycles. The summed E-state index contributed by atoms with van der Waals surface area (Å²) in [4.78, 5) is 1.98. The SMILES string of the molecule is CN(C)c1ccc(/C=C/CN)cc1Cl. The number of rotatable bonds is 3. The van der Waals surface area contributed by atoms with Crippen LogP contribution in [0.1, 0.15) is 5.56 Å². The molecule has 14 heavy (non-hydrogen) atoms. The van der Waals surface area contributed by atoms with E-state index in [9.17, 15) is 0 Å². The molecule has 0 heterocycles. The smallest absolute Gasteiger partial charge is 0.0645 e. The van der Waals surface area contributed by atoms with Crippen molar-refractivity contribution in [1.29, 1.82) is 0 Å². The van der Waals surface area contributed by atoms with Gasteiger partial charge in [0.25, 0.3) is 0 Å². The summed E-state index contributed by atoms with van der Waals surface area (Å²) in [6, 6.07) is 5.95. The molecule has 0 saturated heterocycles. The van der Waals surface area contributed by atoms with E-state index >= 15 is 0 Å². The van der Waals surface area contributed by atoms with E-state index in [0.717, 1.165) is 16.3 Å². The summed E-state index contributed by atoms with van der Waals surface area (Å²) < 4.78 is 0. The van der Waals surface area contributed by atoms with E-state index in [1.165, 1.54) is 0 Å². The van der Waals surface area contributed by atoms with Gasteiger partial charge in [0, 0.05) is 20.6 Å². The van der Waals surface area contributed by atoms with Crippen molar-refractivity contribution in [1.82, 2.24) is 0 Å². The van der Waals surface area contributed by atoms with E-state index in [2.05, 4.69) is 0 Å². The molecule has 2 N–H and O–H groups in total. The summed E-state index contributed by atoms with van der Waals surface area (Å²) in [6.45, 7) is 0.549. The normalized spacial score (nSPS) is 10.9. The lowest BCUT2D eigenvalue weighted by Crippen LogP contribution is -2.08. The van der Waals surface area contributed by atoms with Crippen LogP contribution in [0.5, 0.6) is 0 Å². The third kappa shape index (κ3) is 2.76. The van der Waals surface area contributed by atoms with Crippen molar-refractivity contribution in [2.45, 2.75) is 0 Å². The molecule has 0 atom stereocenters. The number of hydrogen-bond donors (Lipinski definition) is 1. The van der Waals surface area contributed by atoms with Gasteiger partial charge >= 0.3 is 0 Å². The summed E-state index contributed by atoms with van der Waals surface area (Å²) in [5, 5.41) is 0.758. The van der Waals surface area contributed by atoms with Gasteiger partial charge < -0.3 is 10.6 Å². The monoisotopic (exact) mass is 210 g/mol. The predicted octanol–water partition coefficient (Wildman–Crippen LogP) is 2.38. The van der Waals surface area contributed by atoms with E-state index in [-0.39, 0.29) is 0 Å². The van der Waals surface area contributed by atoms with Gasteiger partial charge in [-0.1, -0.05) is 29.8 Å². The summed E-state index contributed by atoms with van der Waals surface area (Å²) in [7, 11) is 3.94. The van der Waals surface area contributed by atoms with Crippen molar-refractivity contribution in [2.75, 3.05) is 25.5 Å². The Bertz CT molecular complexity index is 332. The van der Waals surface area contributed by atoms with Crippen LogP contribution in [-0.2, 0) is 0 Å². The average Bonchev–Trinajstić information content (AvgIpc) is 2.14. The molecule has 1 aromatic rings. The summed E-state index contributed by atoms with van der Waals surface area (Å²) >= 11 is 6.10. The van der Waals surface area contributed by atoms with E-state index in [4.69, 9.17) is 17.3 Å². The molecule has 0 aliphatic heterocycles. The minimum absolute atomic E-state index is 0.549. The second kappa shape index (κ2) is 5.03. The summed E-state index contributed by atoms with van der Waals surface area (Å²) in [5.41, 5.74) is 7.46. The molecule has 0 unspecified atom stereocenters.